The zero-order valence-corrected chi connectivity index (χ0v) is 15.3. The Kier molecular flexibility index (Phi) is 13.1. The lowest BCUT2D eigenvalue weighted by atomic mass is 10.2. The van der Waals surface area contributed by atoms with Gasteiger partial charge in [0.2, 0.25) is 5.91 Å². The third-order valence-corrected chi connectivity index (χ3v) is 4.11. The van der Waals surface area contributed by atoms with Crippen LogP contribution in [0.5, 0.6) is 0 Å². The van der Waals surface area contributed by atoms with Crippen molar-refractivity contribution < 1.29 is 4.79 Å². The Hall–Kier alpha value is 0.220. The highest BCUT2D eigenvalue weighted by Gasteiger charge is 2.23. The Balaban J connectivity index is 0. The molecule has 0 bridgehead atoms. The minimum Gasteiger partial charge on any atom is -0.353 e. The molecule has 0 radical (unpaired) electrons. The number of hydrogen-bond acceptors (Lipinski definition) is 4. The van der Waals surface area contributed by atoms with Gasteiger partial charge in [-0.3, -0.25) is 9.69 Å². The number of halogens is 3. The minimum absolute atomic E-state index is 0. The van der Waals surface area contributed by atoms with Crippen LogP contribution in [0.4, 0.5) is 0 Å². The van der Waals surface area contributed by atoms with E-state index in [1.165, 1.54) is 0 Å². The number of amides is 1. The summed E-state index contributed by atoms with van der Waals surface area (Å²) in [6, 6.07) is 0.480. The summed E-state index contributed by atoms with van der Waals surface area (Å²) in [5.74, 6) is 0.175. The molecular weight excluding hydrogens is 335 g/mol. The minimum atomic E-state index is 0. The van der Waals surface area contributed by atoms with E-state index in [0.29, 0.717) is 6.04 Å². The van der Waals surface area contributed by atoms with Gasteiger partial charge in [0.25, 0.3) is 0 Å². The van der Waals surface area contributed by atoms with E-state index in [4.69, 9.17) is 0 Å². The van der Waals surface area contributed by atoms with Gasteiger partial charge < -0.3 is 15.5 Å². The first-order valence-corrected chi connectivity index (χ1v) is 7.10. The summed E-state index contributed by atoms with van der Waals surface area (Å²) >= 11 is 0. The molecule has 2 atom stereocenters. The van der Waals surface area contributed by atoms with Crippen molar-refractivity contribution in [1.82, 2.24) is 20.4 Å². The van der Waals surface area contributed by atoms with Crippen LogP contribution in [0.2, 0.25) is 0 Å². The van der Waals surface area contributed by atoms with Gasteiger partial charge in [0, 0.05) is 38.8 Å². The van der Waals surface area contributed by atoms with E-state index in [2.05, 4.69) is 34.4 Å². The van der Waals surface area contributed by atoms with Crippen molar-refractivity contribution in [2.24, 2.45) is 0 Å². The van der Waals surface area contributed by atoms with Crippen LogP contribution < -0.4 is 10.6 Å². The van der Waals surface area contributed by atoms with Crippen LogP contribution in [-0.4, -0.2) is 74.1 Å². The molecular formula is C13H29Cl3N4O. The molecule has 0 aromatic heterocycles. The summed E-state index contributed by atoms with van der Waals surface area (Å²) in [6.07, 6.45) is 2.10. The molecule has 2 N–H and O–H groups in total. The molecule has 1 amide bonds. The molecule has 0 aliphatic carbocycles. The Morgan fingerprint density at radius 2 is 1.86 bits per heavy atom. The van der Waals surface area contributed by atoms with E-state index in [9.17, 15) is 4.79 Å². The lowest BCUT2D eigenvalue weighted by Crippen LogP contribution is -2.52. The fraction of sp³-hybridized carbons (Fsp3) is 0.923. The SMILES string of the molecule is CC(CNC(=O)C1CCCN1)N1CCN(C)CC1.Cl.Cl.Cl. The molecule has 5 nitrogen and oxygen atoms in total. The summed E-state index contributed by atoms with van der Waals surface area (Å²) in [5.41, 5.74) is 0. The van der Waals surface area contributed by atoms with Crippen LogP contribution in [-0.2, 0) is 4.79 Å². The fourth-order valence-corrected chi connectivity index (χ4v) is 2.67. The van der Waals surface area contributed by atoms with Gasteiger partial charge in [-0.2, -0.15) is 0 Å². The predicted octanol–water partition coefficient (Wildman–Crippen LogP) is 0.756. The first-order valence-electron chi connectivity index (χ1n) is 7.10. The van der Waals surface area contributed by atoms with E-state index >= 15 is 0 Å². The summed E-state index contributed by atoms with van der Waals surface area (Å²) < 4.78 is 0. The van der Waals surface area contributed by atoms with Gasteiger partial charge in [0.1, 0.15) is 0 Å². The zero-order chi connectivity index (χ0) is 13.0. The van der Waals surface area contributed by atoms with E-state index in [1.54, 1.807) is 0 Å². The Labute approximate surface area is 146 Å². The van der Waals surface area contributed by atoms with Crippen molar-refractivity contribution in [3.05, 3.63) is 0 Å². The summed E-state index contributed by atoms with van der Waals surface area (Å²) in [7, 11) is 2.16. The number of nitrogens with one attached hydrogen (secondary N) is 2. The summed E-state index contributed by atoms with van der Waals surface area (Å²) in [6.45, 7) is 8.41. The smallest absolute Gasteiger partial charge is 0.237 e. The lowest BCUT2D eigenvalue weighted by molar-refractivity contribution is -0.123. The number of piperazine rings is 1. The highest BCUT2D eigenvalue weighted by Crippen LogP contribution is 2.06. The van der Waals surface area contributed by atoms with Gasteiger partial charge in [-0.1, -0.05) is 0 Å². The van der Waals surface area contributed by atoms with Crippen LogP contribution in [0, 0.1) is 0 Å². The van der Waals surface area contributed by atoms with E-state index in [-0.39, 0.29) is 49.2 Å². The monoisotopic (exact) mass is 362 g/mol. The van der Waals surface area contributed by atoms with Gasteiger partial charge in [-0.15, -0.1) is 37.2 Å². The van der Waals surface area contributed by atoms with Crippen molar-refractivity contribution in [3.63, 3.8) is 0 Å². The number of rotatable bonds is 4. The highest BCUT2D eigenvalue weighted by molar-refractivity contribution is 5.86. The number of nitrogens with zero attached hydrogens (tertiary/aromatic N) is 2. The molecule has 2 fully saturated rings. The standard InChI is InChI=1S/C13H26N4O.3ClH/c1-11(17-8-6-16(2)7-9-17)10-15-13(18)12-4-3-5-14-12;;;/h11-12,14H,3-10H2,1-2H3,(H,15,18);3*1H. The molecule has 0 saturated carbocycles. The van der Waals surface area contributed by atoms with Gasteiger partial charge in [-0.05, 0) is 33.4 Å². The second-order valence-electron chi connectivity index (χ2n) is 5.58. The van der Waals surface area contributed by atoms with Crippen molar-refractivity contribution in [2.45, 2.75) is 31.8 Å². The molecule has 2 saturated heterocycles. The maximum atomic E-state index is 11.9. The molecule has 0 aromatic carbocycles. The first kappa shape index (κ1) is 23.5. The van der Waals surface area contributed by atoms with Crippen molar-refractivity contribution in [3.8, 4) is 0 Å². The Bertz CT molecular complexity index is 283. The average Bonchev–Trinajstić information content (AvgIpc) is 2.90. The second-order valence-corrected chi connectivity index (χ2v) is 5.58. The molecule has 2 rings (SSSR count). The van der Waals surface area contributed by atoms with Gasteiger partial charge in [0.15, 0.2) is 0 Å². The quantitative estimate of drug-likeness (QED) is 0.774. The van der Waals surface area contributed by atoms with Crippen molar-refractivity contribution in [1.29, 1.82) is 0 Å². The third-order valence-electron chi connectivity index (χ3n) is 4.11. The van der Waals surface area contributed by atoms with Crippen LogP contribution in [0.3, 0.4) is 0 Å². The summed E-state index contributed by atoms with van der Waals surface area (Å²) in [5, 5.41) is 6.31. The largest absolute Gasteiger partial charge is 0.353 e. The van der Waals surface area contributed by atoms with E-state index in [0.717, 1.165) is 52.1 Å². The van der Waals surface area contributed by atoms with Crippen molar-refractivity contribution >= 4 is 43.1 Å². The molecule has 0 spiro atoms. The number of hydrogen-bond donors (Lipinski definition) is 2. The second kappa shape index (κ2) is 11.7. The highest BCUT2D eigenvalue weighted by atomic mass is 35.5. The lowest BCUT2D eigenvalue weighted by Gasteiger charge is -2.36. The fourth-order valence-electron chi connectivity index (χ4n) is 2.67. The van der Waals surface area contributed by atoms with E-state index in [1.807, 2.05) is 0 Å². The average molecular weight is 364 g/mol. The molecule has 2 unspecified atom stereocenters. The molecule has 21 heavy (non-hydrogen) atoms. The molecule has 2 aliphatic heterocycles. The number of carbonyl (C=O) groups excluding carboxylic acids is 1. The number of carbonyl (C=O) groups is 1. The molecule has 0 aromatic rings. The first-order chi connectivity index (χ1) is 8.66. The summed E-state index contributed by atoms with van der Waals surface area (Å²) in [4.78, 5) is 16.7. The van der Waals surface area contributed by atoms with Crippen LogP contribution in [0.25, 0.3) is 0 Å². The predicted molar refractivity (Wildman–Crippen MR) is 94.3 cm³/mol. The number of likely N-dealkylation sites (N-methyl/N-ethyl adjacent to an activating group) is 1. The van der Waals surface area contributed by atoms with E-state index < -0.39 is 0 Å². The van der Waals surface area contributed by atoms with Crippen LogP contribution >= 0.6 is 37.2 Å². The Morgan fingerprint density at radius 3 is 2.38 bits per heavy atom. The molecule has 128 valence electrons. The van der Waals surface area contributed by atoms with Gasteiger partial charge in [0.05, 0.1) is 6.04 Å². The van der Waals surface area contributed by atoms with Crippen LogP contribution in [0.15, 0.2) is 0 Å². The zero-order valence-electron chi connectivity index (χ0n) is 12.8. The topological polar surface area (TPSA) is 47.6 Å². The maximum absolute atomic E-state index is 11.9. The normalized spacial score (nSPS) is 24.2. The molecule has 8 heteroatoms. The molecule has 2 heterocycles. The third kappa shape index (κ3) is 7.35. The maximum Gasteiger partial charge on any atom is 0.237 e. The van der Waals surface area contributed by atoms with Gasteiger partial charge >= 0.3 is 0 Å². The van der Waals surface area contributed by atoms with Gasteiger partial charge in [-0.25, -0.2) is 0 Å². The van der Waals surface area contributed by atoms with Crippen molar-refractivity contribution in [2.75, 3.05) is 46.3 Å². The Morgan fingerprint density at radius 1 is 1.24 bits per heavy atom. The molecule has 2 aliphatic rings. The van der Waals surface area contributed by atoms with Crippen LogP contribution in [0.1, 0.15) is 19.8 Å².